The van der Waals surface area contributed by atoms with Crippen LogP contribution in [0.4, 0.5) is 0 Å². The van der Waals surface area contributed by atoms with Crippen LogP contribution in [0.15, 0.2) is 24.3 Å². The van der Waals surface area contributed by atoms with Crippen LogP contribution in [-0.2, 0) is 9.53 Å². The minimum Gasteiger partial charge on any atom is -0.469 e. The van der Waals surface area contributed by atoms with E-state index in [1.165, 1.54) is 7.11 Å². The van der Waals surface area contributed by atoms with Crippen molar-refractivity contribution in [2.45, 2.75) is 19.3 Å². The third kappa shape index (κ3) is 1.62. The summed E-state index contributed by atoms with van der Waals surface area (Å²) >= 11 is 0. The first kappa shape index (κ1) is 10.9. The van der Waals surface area contributed by atoms with Gasteiger partial charge in [0.05, 0.1) is 13.0 Å². The molecule has 16 heavy (non-hydrogen) atoms. The SMILES string of the molecule is COC(=O)C1CC(=O)c2ccccc2[C@@H]1C. The molecule has 1 aromatic rings. The van der Waals surface area contributed by atoms with Gasteiger partial charge in [0, 0.05) is 12.0 Å². The lowest BCUT2D eigenvalue weighted by Gasteiger charge is -2.28. The highest BCUT2D eigenvalue weighted by molar-refractivity contribution is 6.01. The zero-order chi connectivity index (χ0) is 11.7. The van der Waals surface area contributed by atoms with Crippen LogP contribution in [0, 0.1) is 5.92 Å². The maximum Gasteiger partial charge on any atom is 0.309 e. The van der Waals surface area contributed by atoms with Crippen molar-refractivity contribution in [1.29, 1.82) is 0 Å². The van der Waals surface area contributed by atoms with E-state index in [0.29, 0.717) is 0 Å². The molecule has 0 saturated heterocycles. The molecule has 0 aliphatic heterocycles. The van der Waals surface area contributed by atoms with Crippen molar-refractivity contribution >= 4 is 11.8 Å². The fourth-order valence-corrected chi connectivity index (χ4v) is 2.29. The number of benzene rings is 1. The number of carbonyl (C=O) groups is 2. The topological polar surface area (TPSA) is 43.4 Å². The molecule has 1 aromatic carbocycles. The van der Waals surface area contributed by atoms with Gasteiger partial charge in [-0.2, -0.15) is 0 Å². The molecule has 0 fully saturated rings. The Labute approximate surface area is 94.4 Å². The fourth-order valence-electron chi connectivity index (χ4n) is 2.29. The summed E-state index contributed by atoms with van der Waals surface area (Å²) in [6, 6.07) is 7.47. The molecule has 2 atom stereocenters. The average molecular weight is 218 g/mol. The smallest absolute Gasteiger partial charge is 0.309 e. The second kappa shape index (κ2) is 4.08. The Kier molecular flexibility index (Phi) is 2.77. The molecule has 3 heteroatoms. The Morgan fingerprint density at radius 3 is 2.75 bits per heavy atom. The summed E-state index contributed by atoms with van der Waals surface area (Å²) in [6.07, 6.45) is 0.255. The number of rotatable bonds is 1. The highest BCUT2D eigenvalue weighted by atomic mass is 16.5. The summed E-state index contributed by atoms with van der Waals surface area (Å²) in [5.74, 6) is -0.562. The Hall–Kier alpha value is -1.64. The Morgan fingerprint density at radius 2 is 2.06 bits per heavy atom. The van der Waals surface area contributed by atoms with Gasteiger partial charge >= 0.3 is 5.97 Å². The number of hydrogen-bond acceptors (Lipinski definition) is 3. The van der Waals surface area contributed by atoms with Gasteiger partial charge in [-0.1, -0.05) is 31.2 Å². The number of esters is 1. The zero-order valence-corrected chi connectivity index (χ0v) is 9.40. The summed E-state index contributed by atoms with van der Waals surface area (Å²) in [7, 11) is 1.36. The Balaban J connectivity index is 2.42. The molecule has 0 bridgehead atoms. The monoisotopic (exact) mass is 218 g/mol. The van der Waals surface area contributed by atoms with Gasteiger partial charge in [-0.25, -0.2) is 0 Å². The molecule has 84 valence electrons. The van der Waals surface area contributed by atoms with E-state index in [0.717, 1.165) is 11.1 Å². The van der Waals surface area contributed by atoms with Crippen LogP contribution in [0.2, 0.25) is 0 Å². The van der Waals surface area contributed by atoms with E-state index >= 15 is 0 Å². The minimum absolute atomic E-state index is 0.0316. The fraction of sp³-hybridized carbons (Fsp3) is 0.385. The van der Waals surface area contributed by atoms with Gasteiger partial charge in [0.2, 0.25) is 0 Å². The number of ketones is 1. The molecule has 0 N–H and O–H groups in total. The van der Waals surface area contributed by atoms with Crippen molar-refractivity contribution in [2.75, 3.05) is 7.11 Å². The Bertz CT molecular complexity index is 437. The first-order chi connectivity index (χ1) is 7.65. The van der Waals surface area contributed by atoms with Gasteiger partial charge in [-0.05, 0) is 11.5 Å². The highest BCUT2D eigenvalue weighted by Crippen LogP contribution is 2.36. The molecule has 0 heterocycles. The zero-order valence-electron chi connectivity index (χ0n) is 9.40. The second-order valence-corrected chi connectivity index (χ2v) is 4.13. The first-order valence-electron chi connectivity index (χ1n) is 5.35. The number of ether oxygens (including phenoxy) is 1. The molecule has 1 aliphatic carbocycles. The van der Waals surface area contributed by atoms with E-state index in [4.69, 9.17) is 4.74 Å². The quantitative estimate of drug-likeness (QED) is 0.678. The van der Waals surface area contributed by atoms with Crippen molar-refractivity contribution in [3.63, 3.8) is 0 Å². The van der Waals surface area contributed by atoms with Crippen molar-refractivity contribution < 1.29 is 14.3 Å². The molecule has 3 nitrogen and oxygen atoms in total. The van der Waals surface area contributed by atoms with Crippen LogP contribution < -0.4 is 0 Å². The number of hydrogen-bond donors (Lipinski definition) is 0. The molecule has 2 rings (SSSR count). The molecule has 0 saturated carbocycles. The average Bonchev–Trinajstić information content (AvgIpc) is 2.33. The predicted octanol–water partition coefficient (Wildman–Crippen LogP) is 2.17. The number of Topliss-reactive ketones (excluding diaryl/α,β-unsaturated/α-hetero) is 1. The molecule has 0 amide bonds. The van der Waals surface area contributed by atoms with Gasteiger partial charge in [-0.15, -0.1) is 0 Å². The van der Waals surface area contributed by atoms with Crippen molar-refractivity contribution in [3.05, 3.63) is 35.4 Å². The van der Waals surface area contributed by atoms with E-state index in [1.54, 1.807) is 0 Å². The van der Waals surface area contributed by atoms with Crippen LogP contribution in [0.5, 0.6) is 0 Å². The van der Waals surface area contributed by atoms with Gasteiger partial charge in [-0.3, -0.25) is 9.59 Å². The molecule has 1 unspecified atom stereocenters. The van der Waals surface area contributed by atoms with Crippen molar-refractivity contribution in [1.82, 2.24) is 0 Å². The summed E-state index contributed by atoms with van der Waals surface area (Å²) in [5.41, 5.74) is 1.70. The van der Waals surface area contributed by atoms with Gasteiger partial charge in [0.15, 0.2) is 5.78 Å². The lowest BCUT2D eigenvalue weighted by molar-refractivity contribution is -0.146. The third-order valence-electron chi connectivity index (χ3n) is 3.26. The van der Waals surface area contributed by atoms with Crippen LogP contribution in [0.3, 0.4) is 0 Å². The van der Waals surface area contributed by atoms with Gasteiger partial charge in [0.25, 0.3) is 0 Å². The summed E-state index contributed by atoms with van der Waals surface area (Å²) in [6.45, 7) is 1.97. The van der Waals surface area contributed by atoms with E-state index in [2.05, 4.69) is 0 Å². The highest BCUT2D eigenvalue weighted by Gasteiger charge is 2.35. The molecular weight excluding hydrogens is 204 g/mol. The van der Waals surface area contributed by atoms with E-state index in [-0.39, 0.29) is 30.0 Å². The summed E-state index contributed by atoms with van der Waals surface area (Å²) < 4.78 is 4.73. The first-order valence-corrected chi connectivity index (χ1v) is 5.35. The Morgan fingerprint density at radius 1 is 1.38 bits per heavy atom. The number of methoxy groups -OCH3 is 1. The summed E-state index contributed by atoms with van der Waals surface area (Å²) in [4.78, 5) is 23.4. The van der Waals surface area contributed by atoms with Crippen molar-refractivity contribution in [2.24, 2.45) is 5.92 Å². The van der Waals surface area contributed by atoms with E-state index in [1.807, 2.05) is 31.2 Å². The minimum atomic E-state index is -0.340. The lowest BCUT2D eigenvalue weighted by Crippen LogP contribution is -2.30. The standard InChI is InChI=1S/C13H14O3/c1-8-9-5-3-4-6-10(9)12(14)7-11(8)13(15)16-2/h3-6,8,11H,7H2,1-2H3/t8-,11?/m0/s1. The maximum atomic E-state index is 11.9. The molecular formula is C13H14O3. The lowest BCUT2D eigenvalue weighted by atomic mass is 9.75. The van der Waals surface area contributed by atoms with Crippen LogP contribution in [0.25, 0.3) is 0 Å². The molecule has 0 aromatic heterocycles. The molecule has 1 aliphatic rings. The van der Waals surface area contributed by atoms with Crippen LogP contribution >= 0.6 is 0 Å². The van der Waals surface area contributed by atoms with Crippen molar-refractivity contribution in [3.8, 4) is 0 Å². The number of fused-ring (bicyclic) bond motifs is 1. The predicted molar refractivity (Wildman–Crippen MR) is 59.3 cm³/mol. The van der Waals surface area contributed by atoms with Crippen LogP contribution in [0.1, 0.15) is 35.2 Å². The normalized spacial score (nSPS) is 23.8. The molecule has 0 spiro atoms. The van der Waals surface area contributed by atoms with Crippen LogP contribution in [-0.4, -0.2) is 18.9 Å². The number of carbonyl (C=O) groups excluding carboxylic acids is 2. The van der Waals surface area contributed by atoms with E-state index in [9.17, 15) is 9.59 Å². The molecule has 0 radical (unpaired) electrons. The van der Waals surface area contributed by atoms with Gasteiger partial charge in [0.1, 0.15) is 0 Å². The second-order valence-electron chi connectivity index (χ2n) is 4.13. The third-order valence-corrected chi connectivity index (χ3v) is 3.26. The summed E-state index contributed by atoms with van der Waals surface area (Å²) in [5, 5.41) is 0. The van der Waals surface area contributed by atoms with Gasteiger partial charge < -0.3 is 4.74 Å². The largest absolute Gasteiger partial charge is 0.469 e. The van der Waals surface area contributed by atoms with E-state index < -0.39 is 0 Å². The maximum absolute atomic E-state index is 11.9.